The van der Waals surface area contributed by atoms with Gasteiger partial charge in [-0.05, 0) is 36.2 Å². The fourth-order valence-corrected chi connectivity index (χ4v) is 3.38. The van der Waals surface area contributed by atoms with Gasteiger partial charge >= 0.3 is 0 Å². The summed E-state index contributed by atoms with van der Waals surface area (Å²) in [7, 11) is 1.71. The Morgan fingerprint density at radius 2 is 1.81 bits per heavy atom. The Morgan fingerprint density at radius 3 is 2.55 bits per heavy atom. The summed E-state index contributed by atoms with van der Waals surface area (Å²) in [5, 5.41) is 6.24. The van der Waals surface area contributed by atoms with Crippen molar-refractivity contribution < 1.29 is 14.1 Å². The van der Waals surface area contributed by atoms with Gasteiger partial charge in [0.1, 0.15) is 5.75 Å². The molecule has 3 aromatic carbocycles. The Hall–Kier alpha value is -3.67. The first-order valence-corrected chi connectivity index (χ1v) is 10.3. The highest BCUT2D eigenvalue weighted by Gasteiger charge is 2.24. The number of carbonyl (C=O) groups is 1. The number of nitrogens with zero attached hydrogens (tertiary/aromatic N) is 3. The summed E-state index contributed by atoms with van der Waals surface area (Å²) in [5.74, 6) is 1.43. The quantitative estimate of drug-likeness (QED) is 0.424. The second-order valence-corrected chi connectivity index (χ2v) is 7.60. The zero-order valence-electron chi connectivity index (χ0n) is 17.9. The highest BCUT2D eigenvalue weighted by Crippen LogP contribution is 2.23. The minimum Gasteiger partial charge on any atom is -0.481 e. The standard InChI is InChI=1S/C25H25N3O3/c1-4-22(30-21-14-13-18-7-5-6-8-20(18)15-21)25(29)28(3)16-23-26-24(27-31-23)19-11-9-17(2)10-12-19/h5-15,22H,4,16H2,1-3H3. The van der Waals surface area contributed by atoms with E-state index >= 15 is 0 Å². The second kappa shape index (κ2) is 9.00. The van der Waals surface area contributed by atoms with Gasteiger partial charge < -0.3 is 14.2 Å². The van der Waals surface area contributed by atoms with Gasteiger partial charge in [-0.15, -0.1) is 0 Å². The van der Waals surface area contributed by atoms with Crippen LogP contribution in [0.25, 0.3) is 22.2 Å². The van der Waals surface area contributed by atoms with E-state index in [1.165, 1.54) is 0 Å². The van der Waals surface area contributed by atoms with Crippen molar-refractivity contribution in [3.63, 3.8) is 0 Å². The van der Waals surface area contributed by atoms with Gasteiger partial charge in [-0.2, -0.15) is 4.98 Å². The lowest BCUT2D eigenvalue weighted by atomic mass is 10.1. The third-order valence-electron chi connectivity index (χ3n) is 5.17. The van der Waals surface area contributed by atoms with E-state index in [4.69, 9.17) is 9.26 Å². The molecule has 0 aliphatic heterocycles. The van der Waals surface area contributed by atoms with E-state index in [2.05, 4.69) is 10.1 Å². The normalized spacial score (nSPS) is 12.0. The Balaban J connectivity index is 1.42. The van der Waals surface area contributed by atoms with Gasteiger partial charge in [-0.25, -0.2) is 0 Å². The molecule has 1 aromatic heterocycles. The van der Waals surface area contributed by atoms with Gasteiger partial charge in [0.25, 0.3) is 5.91 Å². The summed E-state index contributed by atoms with van der Waals surface area (Å²) in [4.78, 5) is 19.0. The van der Waals surface area contributed by atoms with Crippen LogP contribution in [0, 0.1) is 6.92 Å². The number of fused-ring (bicyclic) bond motifs is 1. The minimum atomic E-state index is -0.592. The van der Waals surface area contributed by atoms with E-state index in [1.807, 2.05) is 80.6 Å². The summed E-state index contributed by atoms with van der Waals surface area (Å²) < 4.78 is 11.4. The lowest BCUT2D eigenvalue weighted by molar-refractivity contribution is -0.138. The Bertz CT molecular complexity index is 1180. The van der Waals surface area contributed by atoms with Crippen LogP contribution < -0.4 is 4.74 Å². The number of rotatable bonds is 7. The average molecular weight is 415 g/mol. The predicted molar refractivity (Wildman–Crippen MR) is 120 cm³/mol. The number of aromatic nitrogens is 2. The first-order valence-electron chi connectivity index (χ1n) is 10.3. The van der Waals surface area contributed by atoms with Gasteiger partial charge in [0.2, 0.25) is 11.7 Å². The van der Waals surface area contributed by atoms with Crippen LogP contribution in [0.15, 0.2) is 71.3 Å². The Morgan fingerprint density at radius 1 is 1.06 bits per heavy atom. The van der Waals surface area contributed by atoms with Crippen molar-refractivity contribution in [2.24, 2.45) is 0 Å². The summed E-state index contributed by atoms with van der Waals surface area (Å²) >= 11 is 0. The third kappa shape index (κ3) is 4.74. The van der Waals surface area contributed by atoms with E-state index in [0.29, 0.717) is 23.9 Å². The van der Waals surface area contributed by atoms with E-state index in [9.17, 15) is 4.79 Å². The highest BCUT2D eigenvalue weighted by molar-refractivity contribution is 5.84. The number of benzene rings is 3. The molecule has 0 bridgehead atoms. The fraction of sp³-hybridized carbons (Fsp3) is 0.240. The van der Waals surface area contributed by atoms with Gasteiger partial charge in [-0.3, -0.25) is 4.79 Å². The van der Waals surface area contributed by atoms with Gasteiger partial charge in [0.05, 0.1) is 6.54 Å². The molecule has 1 amide bonds. The molecule has 158 valence electrons. The van der Waals surface area contributed by atoms with Crippen LogP contribution in [0.4, 0.5) is 0 Å². The van der Waals surface area contributed by atoms with Crippen molar-refractivity contribution in [1.82, 2.24) is 15.0 Å². The van der Waals surface area contributed by atoms with Crippen molar-refractivity contribution in [2.45, 2.75) is 32.9 Å². The second-order valence-electron chi connectivity index (χ2n) is 7.60. The summed E-state index contributed by atoms with van der Waals surface area (Å²) in [6, 6.07) is 21.8. The van der Waals surface area contributed by atoms with Crippen LogP contribution in [0.2, 0.25) is 0 Å². The zero-order valence-corrected chi connectivity index (χ0v) is 17.9. The summed E-state index contributed by atoms with van der Waals surface area (Å²) in [6.45, 7) is 4.17. The molecule has 1 unspecified atom stereocenters. The number of aryl methyl sites for hydroxylation is 1. The molecule has 1 atom stereocenters. The molecule has 0 saturated heterocycles. The summed E-state index contributed by atoms with van der Waals surface area (Å²) in [5.41, 5.74) is 2.04. The third-order valence-corrected chi connectivity index (χ3v) is 5.17. The van der Waals surface area contributed by atoms with Gasteiger partial charge in [0.15, 0.2) is 6.10 Å². The van der Waals surface area contributed by atoms with Crippen molar-refractivity contribution in [3.8, 4) is 17.1 Å². The van der Waals surface area contributed by atoms with E-state index in [1.54, 1.807) is 11.9 Å². The zero-order chi connectivity index (χ0) is 21.8. The molecule has 4 rings (SSSR count). The van der Waals surface area contributed by atoms with Crippen LogP contribution in [-0.4, -0.2) is 34.1 Å². The van der Waals surface area contributed by atoms with Crippen LogP contribution in [0.1, 0.15) is 24.8 Å². The van der Waals surface area contributed by atoms with Crippen molar-refractivity contribution in [1.29, 1.82) is 0 Å². The number of ether oxygens (including phenoxy) is 1. The first kappa shape index (κ1) is 20.6. The number of hydrogen-bond acceptors (Lipinski definition) is 5. The van der Waals surface area contributed by atoms with E-state index in [-0.39, 0.29) is 12.5 Å². The molecule has 0 fully saturated rings. The molecule has 1 heterocycles. The number of hydrogen-bond donors (Lipinski definition) is 0. The number of amides is 1. The van der Waals surface area contributed by atoms with Gasteiger partial charge in [0, 0.05) is 12.6 Å². The molecule has 0 aliphatic carbocycles. The Kier molecular flexibility index (Phi) is 5.98. The minimum absolute atomic E-state index is 0.134. The van der Waals surface area contributed by atoms with Crippen molar-refractivity contribution in [3.05, 3.63) is 78.2 Å². The average Bonchev–Trinajstić information content (AvgIpc) is 3.25. The Labute approximate surface area is 181 Å². The molecule has 6 nitrogen and oxygen atoms in total. The highest BCUT2D eigenvalue weighted by atomic mass is 16.5. The lowest BCUT2D eigenvalue weighted by Crippen LogP contribution is -2.39. The number of likely N-dealkylation sites (N-methyl/N-ethyl adjacent to an activating group) is 1. The van der Waals surface area contributed by atoms with Crippen LogP contribution in [0.5, 0.6) is 5.75 Å². The van der Waals surface area contributed by atoms with Crippen molar-refractivity contribution in [2.75, 3.05) is 7.05 Å². The molecule has 0 radical (unpaired) electrons. The van der Waals surface area contributed by atoms with Gasteiger partial charge in [-0.1, -0.05) is 72.2 Å². The molecule has 6 heteroatoms. The molecular formula is C25H25N3O3. The molecule has 0 N–H and O–H groups in total. The van der Waals surface area contributed by atoms with Crippen LogP contribution in [0.3, 0.4) is 0 Å². The smallest absolute Gasteiger partial charge is 0.263 e. The van der Waals surface area contributed by atoms with E-state index < -0.39 is 6.10 Å². The predicted octanol–water partition coefficient (Wildman–Crippen LogP) is 5.01. The molecule has 0 spiro atoms. The molecule has 0 saturated carbocycles. The summed E-state index contributed by atoms with van der Waals surface area (Å²) in [6.07, 6.45) is -0.0419. The first-order chi connectivity index (χ1) is 15.0. The topological polar surface area (TPSA) is 68.5 Å². The molecule has 0 aliphatic rings. The molecule has 31 heavy (non-hydrogen) atoms. The van der Waals surface area contributed by atoms with Crippen molar-refractivity contribution >= 4 is 16.7 Å². The van der Waals surface area contributed by atoms with Crippen LogP contribution >= 0.6 is 0 Å². The number of carbonyl (C=O) groups excluding carboxylic acids is 1. The largest absolute Gasteiger partial charge is 0.481 e. The SMILES string of the molecule is CCC(Oc1ccc2ccccc2c1)C(=O)N(C)Cc1nc(-c2ccc(C)cc2)no1. The monoisotopic (exact) mass is 415 g/mol. The van der Waals surface area contributed by atoms with E-state index in [0.717, 1.165) is 21.9 Å². The maximum absolute atomic E-state index is 13.0. The molecule has 4 aromatic rings. The fourth-order valence-electron chi connectivity index (χ4n) is 3.38. The maximum Gasteiger partial charge on any atom is 0.263 e. The maximum atomic E-state index is 13.0. The lowest BCUT2D eigenvalue weighted by Gasteiger charge is -2.22. The van der Waals surface area contributed by atoms with Crippen LogP contribution in [-0.2, 0) is 11.3 Å². The molecular weight excluding hydrogens is 390 g/mol.